The molecule has 0 bridgehead atoms. The monoisotopic (exact) mass is 312 g/mol. The van der Waals surface area contributed by atoms with Crippen molar-refractivity contribution < 1.29 is 19.4 Å². The van der Waals surface area contributed by atoms with Crippen molar-refractivity contribution >= 4 is 27.3 Å². The number of carbonyl (C=O) groups excluding carboxylic acids is 1. The summed E-state index contributed by atoms with van der Waals surface area (Å²) < 4.78 is 11.3. The summed E-state index contributed by atoms with van der Waals surface area (Å²) in [6.45, 7) is 0. The van der Waals surface area contributed by atoms with Gasteiger partial charge in [-0.3, -0.25) is 4.79 Å². The van der Waals surface area contributed by atoms with E-state index in [0.29, 0.717) is 35.5 Å². The van der Waals surface area contributed by atoms with Crippen molar-refractivity contribution in [2.75, 3.05) is 14.2 Å². The molecule has 0 atom stereocenters. The molecule has 0 amide bonds. The predicted octanol–water partition coefficient (Wildman–Crippen LogP) is 3.10. The van der Waals surface area contributed by atoms with Gasteiger partial charge >= 0.3 is 0 Å². The SMILES string of the molecule is COc1cc(Br)cc(OC)c1C1=C(O)CCC1=O. The van der Waals surface area contributed by atoms with E-state index in [-0.39, 0.29) is 11.5 Å². The van der Waals surface area contributed by atoms with Crippen molar-refractivity contribution in [2.24, 2.45) is 0 Å². The molecule has 1 aliphatic rings. The third-order valence-electron chi connectivity index (χ3n) is 2.88. The van der Waals surface area contributed by atoms with Crippen LogP contribution < -0.4 is 9.47 Å². The number of hydrogen-bond donors (Lipinski definition) is 1. The Morgan fingerprint density at radius 3 is 2.11 bits per heavy atom. The second-order valence-electron chi connectivity index (χ2n) is 3.93. The number of ketones is 1. The maximum atomic E-state index is 11.9. The van der Waals surface area contributed by atoms with Gasteiger partial charge in [0.15, 0.2) is 5.78 Å². The standard InChI is InChI=1S/C13H13BrO4/c1-17-10-5-7(14)6-11(18-2)13(10)12-8(15)3-4-9(12)16/h5-6,15H,3-4H2,1-2H3. The maximum Gasteiger partial charge on any atom is 0.167 e. The lowest BCUT2D eigenvalue weighted by molar-refractivity contribution is -0.113. The number of Topliss-reactive ketones (excluding diaryl/α,β-unsaturated/α-hetero) is 1. The third kappa shape index (κ3) is 2.10. The highest BCUT2D eigenvalue weighted by Crippen LogP contribution is 2.42. The van der Waals surface area contributed by atoms with Crippen LogP contribution in [0.15, 0.2) is 22.4 Å². The molecule has 96 valence electrons. The van der Waals surface area contributed by atoms with Crippen LogP contribution in [0.1, 0.15) is 18.4 Å². The molecule has 0 spiro atoms. The highest BCUT2D eigenvalue weighted by Gasteiger charge is 2.29. The van der Waals surface area contributed by atoms with Gasteiger partial charge in [0.2, 0.25) is 0 Å². The first-order chi connectivity index (χ1) is 8.58. The highest BCUT2D eigenvalue weighted by atomic mass is 79.9. The van der Waals surface area contributed by atoms with Crippen LogP contribution in [0.25, 0.3) is 5.57 Å². The molecular weight excluding hydrogens is 300 g/mol. The average Bonchev–Trinajstić information content (AvgIpc) is 2.68. The van der Waals surface area contributed by atoms with Crippen LogP contribution in [-0.4, -0.2) is 25.1 Å². The van der Waals surface area contributed by atoms with Crippen LogP contribution in [0.3, 0.4) is 0 Å². The van der Waals surface area contributed by atoms with E-state index in [4.69, 9.17) is 9.47 Å². The van der Waals surface area contributed by atoms with Crippen LogP contribution in [0.2, 0.25) is 0 Å². The number of aliphatic hydroxyl groups is 1. The molecule has 5 heteroatoms. The normalized spacial score (nSPS) is 15.2. The predicted molar refractivity (Wildman–Crippen MR) is 71.0 cm³/mol. The minimum Gasteiger partial charge on any atom is -0.512 e. The van der Waals surface area contributed by atoms with E-state index in [2.05, 4.69) is 15.9 Å². The number of allylic oxidation sites excluding steroid dienone is 2. The molecule has 0 saturated carbocycles. The summed E-state index contributed by atoms with van der Waals surface area (Å²) >= 11 is 3.34. The molecule has 0 radical (unpaired) electrons. The molecule has 0 aliphatic heterocycles. The Hall–Kier alpha value is -1.49. The van der Waals surface area contributed by atoms with Crippen LogP contribution in [-0.2, 0) is 4.79 Å². The van der Waals surface area contributed by atoms with Gasteiger partial charge < -0.3 is 14.6 Å². The molecule has 1 N–H and O–H groups in total. The number of benzene rings is 1. The minimum absolute atomic E-state index is 0.0913. The van der Waals surface area contributed by atoms with E-state index in [9.17, 15) is 9.90 Å². The summed E-state index contributed by atoms with van der Waals surface area (Å²) in [5.41, 5.74) is 0.819. The molecule has 4 nitrogen and oxygen atoms in total. The zero-order valence-electron chi connectivity index (χ0n) is 10.1. The van der Waals surface area contributed by atoms with Crippen LogP contribution in [0, 0.1) is 0 Å². The lowest BCUT2D eigenvalue weighted by Gasteiger charge is -2.14. The number of aliphatic hydroxyl groups excluding tert-OH is 1. The van der Waals surface area contributed by atoms with Gasteiger partial charge in [-0.05, 0) is 12.1 Å². The van der Waals surface area contributed by atoms with Gasteiger partial charge in [0, 0.05) is 17.3 Å². The lowest BCUT2D eigenvalue weighted by atomic mass is 10.0. The molecule has 1 aliphatic carbocycles. The summed E-state index contributed by atoms with van der Waals surface area (Å²) in [6.07, 6.45) is 0.695. The van der Waals surface area contributed by atoms with Crippen molar-refractivity contribution in [1.82, 2.24) is 0 Å². The van der Waals surface area contributed by atoms with Gasteiger partial charge in [0.25, 0.3) is 0 Å². The van der Waals surface area contributed by atoms with Crippen molar-refractivity contribution in [1.29, 1.82) is 0 Å². The zero-order valence-corrected chi connectivity index (χ0v) is 11.7. The van der Waals surface area contributed by atoms with Gasteiger partial charge in [-0.15, -0.1) is 0 Å². The topological polar surface area (TPSA) is 55.8 Å². The lowest BCUT2D eigenvalue weighted by Crippen LogP contribution is -2.02. The minimum atomic E-state index is -0.0913. The van der Waals surface area contributed by atoms with Crippen LogP contribution in [0.4, 0.5) is 0 Å². The van der Waals surface area contributed by atoms with Crippen molar-refractivity contribution in [3.05, 3.63) is 27.9 Å². The van der Waals surface area contributed by atoms with Gasteiger partial charge in [-0.25, -0.2) is 0 Å². The number of methoxy groups -OCH3 is 2. The molecule has 0 fully saturated rings. The van der Waals surface area contributed by atoms with E-state index in [1.54, 1.807) is 12.1 Å². The van der Waals surface area contributed by atoms with E-state index < -0.39 is 0 Å². The van der Waals surface area contributed by atoms with E-state index in [1.165, 1.54) is 14.2 Å². The Morgan fingerprint density at radius 1 is 1.17 bits per heavy atom. The molecule has 0 unspecified atom stereocenters. The molecule has 0 aromatic heterocycles. The molecule has 0 saturated heterocycles. The zero-order chi connectivity index (χ0) is 13.3. The van der Waals surface area contributed by atoms with Crippen LogP contribution in [0.5, 0.6) is 11.5 Å². The summed E-state index contributed by atoms with van der Waals surface area (Å²) in [6, 6.07) is 3.48. The van der Waals surface area contributed by atoms with E-state index in [1.807, 2.05) is 0 Å². The fraction of sp³-hybridized carbons (Fsp3) is 0.308. The molecule has 18 heavy (non-hydrogen) atoms. The van der Waals surface area contributed by atoms with Crippen molar-refractivity contribution in [3.63, 3.8) is 0 Å². The molecule has 0 heterocycles. The first-order valence-electron chi connectivity index (χ1n) is 5.45. The quantitative estimate of drug-likeness (QED) is 0.931. The molecular formula is C13H13BrO4. The van der Waals surface area contributed by atoms with E-state index >= 15 is 0 Å². The second kappa shape index (κ2) is 5.02. The Balaban J connectivity index is 2.69. The Bertz CT molecular complexity index is 509. The number of rotatable bonds is 3. The van der Waals surface area contributed by atoms with Crippen molar-refractivity contribution in [2.45, 2.75) is 12.8 Å². The Kier molecular flexibility index (Phi) is 3.61. The van der Waals surface area contributed by atoms with Crippen LogP contribution >= 0.6 is 15.9 Å². The fourth-order valence-corrected chi connectivity index (χ4v) is 2.47. The van der Waals surface area contributed by atoms with Gasteiger partial charge in [-0.1, -0.05) is 15.9 Å². The van der Waals surface area contributed by atoms with Crippen molar-refractivity contribution in [3.8, 4) is 11.5 Å². The summed E-state index contributed by atoms with van der Waals surface area (Å²) in [7, 11) is 3.03. The first-order valence-corrected chi connectivity index (χ1v) is 6.25. The summed E-state index contributed by atoms with van der Waals surface area (Å²) in [4.78, 5) is 11.9. The summed E-state index contributed by atoms with van der Waals surface area (Å²) in [5.74, 6) is 1.00. The Morgan fingerprint density at radius 2 is 1.72 bits per heavy atom. The fourth-order valence-electron chi connectivity index (χ4n) is 2.05. The number of halogens is 1. The average molecular weight is 313 g/mol. The second-order valence-corrected chi connectivity index (χ2v) is 4.85. The van der Waals surface area contributed by atoms with Gasteiger partial charge in [0.1, 0.15) is 17.3 Å². The highest BCUT2D eigenvalue weighted by molar-refractivity contribution is 9.10. The largest absolute Gasteiger partial charge is 0.512 e. The first kappa shape index (κ1) is 13.0. The summed E-state index contributed by atoms with van der Waals surface area (Å²) in [5, 5.41) is 9.86. The van der Waals surface area contributed by atoms with Gasteiger partial charge in [-0.2, -0.15) is 0 Å². The molecule has 2 rings (SSSR count). The molecule has 1 aromatic rings. The third-order valence-corrected chi connectivity index (χ3v) is 3.33. The number of ether oxygens (including phenoxy) is 2. The van der Waals surface area contributed by atoms with E-state index in [0.717, 1.165) is 4.47 Å². The maximum absolute atomic E-state index is 11.9. The smallest absolute Gasteiger partial charge is 0.167 e. The number of carbonyl (C=O) groups is 1. The molecule has 1 aromatic carbocycles. The Labute approximate surface area is 113 Å². The van der Waals surface area contributed by atoms with Gasteiger partial charge in [0.05, 0.1) is 25.4 Å². The number of hydrogen-bond acceptors (Lipinski definition) is 4.